The summed E-state index contributed by atoms with van der Waals surface area (Å²) in [6, 6.07) is 0. The zero-order valence-corrected chi connectivity index (χ0v) is 10.6. The second-order valence-electron chi connectivity index (χ2n) is 3.56. The molecule has 1 rings (SSSR count). The van der Waals surface area contributed by atoms with Crippen molar-refractivity contribution in [2.75, 3.05) is 31.7 Å². The van der Waals surface area contributed by atoms with Crippen molar-refractivity contribution >= 4 is 21.8 Å². The van der Waals surface area contributed by atoms with Crippen molar-refractivity contribution in [3.05, 3.63) is 0 Å². The first-order chi connectivity index (χ1) is 7.25. The van der Waals surface area contributed by atoms with E-state index in [0.29, 0.717) is 26.4 Å². The van der Waals surface area contributed by atoms with Gasteiger partial charge in [-0.05, 0) is 13.3 Å². The molecule has 0 aliphatic carbocycles. The molecule has 1 amide bonds. The van der Waals surface area contributed by atoms with Crippen LogP contribution >= 0.6 is 15.9 Å². The SMILES string of the molecule is CC1OCCC1C(=O)NCCOCCBr. The molecule has 15 heavy (non-hydrogen) atoms. The van der Waals surface area contributed by atoms with Crippen molar-refractivity contribution in [3.63, 3.8) is 0 Å². The molecule has 1 saturated heterocycles. The number of carbonyl (C=O) groups is 1. The highest BCUT2D eigenvalue weighted by molar-refractivity contribution is 9.09. The first kappa shape index (κ1) is 12.9. The zero-order valence-electron chi connectivity index (χ0n) is 9.00. The fraction of sp³-hybridized carbons (Fsp3) is 0.900. The maximum atomic E-state index is 11.6. The van der Waals surface area contributed by atoms with Gasteiger partial charge in [-0.1, -0.05) is 15.9 Å². The van der Waals surface area contributed by atoms with Crippen LogP contribution in [0.3, 0.4) is 0 Å². The number of nitrogens with one attached hydrogen (secondary N) is 1. The lowest BCUT2D eigenvalue weighted by Crippen LogP contribution is -2.36. The van der Waals surface area contributed by atoms with Crippen molar-refractivity contribution in [2.45, 2.75) is 19.4 Å². The molecule has 0 bridgehead atoms. The molecule has 0 spiro atoms. The van der Waals surface area contributed by atoms with E-state index in [9.17, 15) is 4.79 Å². The van der Waals surface area contributed by atoms with E-state index >= 15 is 0 Å². The second-order valence-corrected chi connectivity index (χ2v) is 4.36. The molecule has 1 aliphatic rings. The van der Waals surface area contributed by atoms with Crippen molar-refractivity contribution in [1.29, 1.82) is 0 Å². The van der Waals surface area contributed by atoms with Crippen LogP contribution in [0.25, 0.3) is 0 Å². The first-order valence-electron chi connectivity index (χ1n) is 5.28. The molecule has 0 aromatic heterocycles. The van der Waals surface area contributed by atoms with Gasteiger partial charge in [-0.3, -0.25) is 4.79 Å². The van der Waals surface area contributed by atoms with Crippen molar-refractivity contribution in [2.24, 2.45) is 5.92 Å². The van der Waals surface area contributed by atoms with Crippen molar-refractivity contribution < 1.29 is 14.3 Å². The van der Waals surface area contributed by atoms with Crippen LogP contribution in [0.2, 0.25) is 0 Å². The molecule has 1 fully saturated rings. The number of carbonyl (C=O) groups excluding carboxylic acids is 1. The fourth-order valence-electron chi connectivity index (χ4n) is 1.61. The van der Waals surface area contributed by atoms with E-state index < -0.39 is 0 Å². The van der Waals surface area contributed by atoms with E-state index in [2.05, 4.69) is 21.2 Å². The predicted molar refractivity (Wildman–Crippen MR) is 61.1 cm³/mol. The van der Waals surface area contributed by atoms with Crippen LogP contribution in [0.4, 0.5) is 0 Å². The first-order valence-corrected chi connectivity index (χ1v) is 6.41. The van der Waals surface area contributed by atoms with Crippen molar-refractivity contribution in [3.8, 4) is 0 Å². The van der Waals surface area contributed by atoms with Gasteiger partial charge in [0.25, 0.3) is 0 Å². The Morgan fingerprint density at radius 1 is 1.60 bits per heavy atom. The Hall–Kier alpha value is -0.130. The van der Waals surface area contributed by atoms with Gasteiger partial charge in [0.05, 0.1) is 25.2 Å². The molecule has 1 heterocycles. The highest BCUT2D eigenvalue weighted by Gasteiger charge is 2.30. The highest BCUT2D eigenvalue weighted by Crippen LogP contribution is 2.20. The molecule has 1 aliphatic heterocycles. The molecule has 5 heteroatoms. The van der Waals surface area contributed by atoms with Crippen LogP contribution in [-0.2, 0) is 14.3 Å². The van der Waals surface area contributed by atoms with E-state index in [0.717, 1.165) is 11.8 Å². The van der Waals surface area contributed by atoms with Crippen LogP contribution in [0, 0.1) is 5.92 Å². The number of ether oxygens (including phenoxy) is 2. The summed E-state index contributed by atoms with van der Waals surface area (Å²) in [4.78, 5) is 11.6. The summed E-state index contributed by atoms with van der Waals surface area (Å²) in [6.07, 6.45) is 0.878. The van der Waals surface area contributed by atoms with Gasteiger partial charge in [-0.2, -0.15) is 0 Å². The molecule has 0 aromatic carbocycles. The van der Waals surface area contributed by atoms with Crippen LogP contribution in [0.5, 0.6) is 0 Å². The predicted octanol–water partition coefficient (Wildman–Crippen LogP) is 0.939. The van der Waals surface area contributed by atoms with E-state index in [1.54, 1.807) is 0 Å². The number of amides is 1. The number of alkyl halides is 1. The van der Waals surface area contributed by atoms with Gasteiger partial charge in [0.2, 0.25) is 5.91 Å². The Kier molecular flexibility index (Phi) is 6.20. The fourth-order valence-corrected chi connectivity index (χ4v) is 1.84. The minimum absolute atomic E-state index is 0.0150. The molecule has 4 nitrogen and oxygen atoms in total. The molecule has 2 atom stereocenters. The molecule has 0 radical (unpaired) electrons. The standard InChI is InChI=1S/C10H18BrNO3/c1-8-9(2-5-15-8)10(13)12-4-7-14-6-3-11/h8-9H,2-7H2,1H3,(H,12,13). The lowest BCUT2D eigenvalue weighted by Gasteiger charge is -2.13. The summed E-state index contributed by atoms with van der Waals surface area (Å²) < 4.78 is 10.6. The van der Waals surface area contributed by atoms with Crippen LogP contribution in [0.1, 0.15) is 13.3 Å². The van der Waals surface area contributed by atoms with E-state index in [-0.39, 0.29) is 17.9 Å². The van der Waals surface area contributed by atoms with Crippen LogP contribution in [-0.4, -0.2) is 43.7 Å². The quantitative estimate of drug-likeness (QED) is 0.582. The molecular weight excluding hydrogens is 262 g/mol. The monoisotopic (exact) mass is 279 g/mol. The van der Waals surface area contributed by atoms with Gasteiger partial charge >= 0.3 is 0 Å². The second kappa shape index (κ2) is 7.19. The summed E-state index contributed by atoms with van der Waals surface area (Å²) in [5.41, 5.74) is 0. The molecule has 88 valence electrons. The van der Waals surface area contributed by atoms with Crippen LogP contribution < -0.4 is 5.32 Å². The summed E-state index contributed by atoms with van der Waals surface area (Å²) in [7, 11) is 0. The van der Waals surface area contributed by atoms with Gasteiger partial charge in [-0.25, -0.2) is 0 Å². The topological polar surface area (TPSA) is 47.6 Å². The zero-order chi connectivity index (χ0) is 11.1. The van der Waals surface area contributed by atoms with E-state index in [1.807, 2.05) is 6.92 Å². The van der Waals surface area contributed by atoms with E-state index in [4.69, 9.17) is 9.47 Å². The summed E-state index contributed by atoms with van der Waals surface area (Å²) >= 11 is 3.26. The summed E-state index contributed by atoms with van der Waals surface area (Å²) in [5, 5.41) is 3.68. The van der Waals surface area contributed by atoms with Gasteiger partial charge in [0, 0.05) is 18.5 Å². The Morgan fingerprint density at radius 3 is 3.00 bits per heavy atom. The highest BCUT2D eigenvalue weighted by atomic mass is 79.9. The average Bonchev–Trinajstić information content (AvgIpc) is 2.64. The maximum Gasteiger partial charge on any atom is 0.225 e. The molecule has 0 saturated carbocycles. The normalized spacial score (nSPS) is 25.5. The molecule has 2 unspecified atom stereocenters. The smallest absolute Gasteiger partial charge is 0.225 e. The number of halogens is 1. The third kappa shape index (κ3) is 4.49. The summed E-state index contributed by atoms with van der Waals surface area (Å²) in [5.74, 6) is 0.101. The Bertz CT molecular complexity index is 201. The number of hydrogen-bond donors (Lipinski definition) is 1. The van der Waals surface area contributed by atoms with Gasteiger partial charge < -0.3 is 14.8 Å². The van der Waals surface area contributed by atoms with Crippen LogP contribution in [0.15, 0.2) is 0 Å². The average molecular weight is 280 g/mol. The lowest BCUT2D eigenvalue weighted by atomic mass is 10.0. The number of rotatable bonds is 6. The third-order valence-corrected chi connectivity index (χ3v) is 2.80. The van der Waals surface area contributed by atoms with Crippen molar-refractivity contribution in [1.82, 2.24) is 5.32 Å². The molecular formula is C10H18BrNO3. The maximum absolute atomic E-state index is 11.6. The van der Waals surface area contributed by atoms with E-state index in [1.165, 1.54) is 0 Å². The van der Waals surface area contributed by atoms with Gasteiger partial charge in [0.1, 0.15) is 0 Å². The van der Waals surface area contributed by atoms with Gasteiger partial charge in [0.15, 0.2) is 0 Å². The number of hydrogen-bond acceptors (Lipinski definition) is 3. The minimum atomic E-state index is 0.0150. The minimum Gasteiger partial charge on any atom is -0.379 e. The molecule has 1 N–H and O–H groups in total. The third-order valence-electron chi connectivity index (χ3n) is 2.48. The Morgan fingerprint density at radius 2 is 2.40 bits per heavy atom. The lowest BCUT2D eigenvalue weighted by molar-refractivity contribution is -0.126. The largest absolute Gasteiger partial charge is 0.379 e. The Balaban J connectivity index is 2.08. The molecule has 0 aromatic rings. The van der Waals surface area contributed by atoms with Gasteiger partial charge in [-0.15, -0.1) is 0 Å². The summed E-state index contributed by atoms with van der Waals surface area (Å²) in [6.45, 7) is 4.46. The Labute approximate surface area is 98.8 Å².